The Morgan fingerprint density at radius 3 is 2.63 bits per heavy atom. The number of carboxylic acid groups (broad SMARTS) is 1. The maximum Gasteiger partial charge on any atom is 0.0991 e. The van der Waals surface area contributed by atoms with Crippen molar-refractivity contribution in [2.45, 2.75) is 19.8 Å². The fourth-order valence-electron chi connectivity index (χ4n) is 3.82. The highest BCUT2D eigenvalue weighted by atomic mass is 16.4. The first-order valence-electron chi connectivity index (χ1n) is 8.91. The highest BCUT2D eigenvalue weighted by molar-refractivity contribution is 6.05. The molecule has 0 radical (unpaired) electrons. The van der Waals surface area contributed by atoms with Gasteiger partial charge in [0.05, 0.1) is 28.8 Å². The number of allylic oxidation sites excluding steroid dienone is 1. The summed E-state index contributed by atoms with van der Waals surface area (Å²) in [5.41, 5.74) is 5.01. The molecule has 4 heteroatoms. The quantitative estimate of drug-likeness (QED) is 0.705. The second-order valence-corrected chi connectivity index (χ2v) is 7.04. The van der Waals surface area contributed by atoms with Crippen LogP contribution in [-0.4, -0.2) is 11.0 Å². The SMILES string of the molecule is C[C@@H]1C/C(=C\c2ccc(C#N)cc2)c2nc3ccccc3c(C(=O)[O-])c2C1. The van der Waals surface area contributed by atoms with Gasteiger partial charge in [0.25, 0.3) is 0 Å². The molecule has 0 saturated carbocycles. The Labute approximate surface area is 157 Å². The molecule has 132 valence electrons. The molecular weight excluding hydrogens is 336 g/mol. The van der Waals surface area contributed by atoms with Crippen molar-refractivity contribution in [2.75, 3.05) is 0 Å². The van der Waals surface area contributed by atoms with Crippen molar-refractivity contribution in [2.24, 2.45) is 5.92 Å². The normalized spacial score (nSPS) is 17.5. The van der Waals surface area contributed by atoms with E-state index in [4.69, 9.17) is 10.2 Å². The summed E-state index contributed by atoms with van der Waals surface area (Å²) in [4.78, 5) is 16.7. The van der Waals surface area contributed by atoms with E-state index in [1.165, 1.54) is 0 Å². The molecule has 0 amide bonds. The molecule has 4 rings (SSSR count). The number of aromatic carboxylic acids is 1. The van der Waals surface area contributed by atoms with Crippen molar-refractivity contribution in [3.63, 3.8) is 0 Å². The third-order valence-corrected chi connectivity index (χ3v) is 5.00. The molecule has 27 heavy (non-hydrogen) atoms. The van der Waals surface area contributed by atoms with Crippen molar-refractivity contribution in [1.82, 2.24) is 4.98 Å². The number of pyridine rings is 1. The van der Waals surface area contributed by atoms with E-state index in [1.807, 2.05) is 36.4 Å². The molecule has 1 atom stereocenters. The molecule has 0 saturated heterocycles. The van der Waals surface area contributed by atoms with Gasteiger partial charge in [-0.2, -0.15) is 5.26 Å². The number of nitriles is 1. The molecule has 1 heterocycles. The zero-order valence-corrected chi connectivity index (χ0v) is 14.9. The second kappa shape index (κ2) is 6.69. The second-order valence-electron chi connectivity index (χ2n) is 7.04. The predicted molar refractivity (Wildman–Crippen MR) is 103 cm³/mol. The Hall–Kier alpha value is -3.45. The maximum atomic E-state index is 11.9. The van der Waals surface area contributed by atoms with Gasteiger partial charge >= 0.3 is 0 Å². The minimum atomic E-state index is -1.16. The van der Waals surface area contributed by atoms with Crippen molar-refractivity contribution in [3.8, 4) is 6.07 Å². The van der Waals surface area contributed by atoms with Crippen LogP contribution in [0.15, 0.2) is 48.5 Å². The Balaban J connectivity index is 1.94. The molecule has 1 aliphatic rings. The van der Waals surface area contributed by atoms with Gasteiger partial charge in [-0.25, -0.2) is 4.98 Å². The Morgan fingerprint density at radius 2 is 1.93 bits per heavy atom. The van der Waals surface area contributed by atoms with E-state index in [0.717, 1.165) is 28.8 Å². The lowest BCUT2D eigenvalue weighted by Gasteiger charge is -2.27. The molecule has 1 aliphatic carbocycles. The largest absolute Gasteiger partial charge is 0.545 e. The van der Waals surface area contributed by atoms with Gasteiger partial charge in [-0.3, -0.25) is 0 Å². The fraction of sp³-hybridized carbons (Fsp3) is 0.174. The summed E-state index contributed by atoms with van der Waals surface area (Å²) in [6, 6.07) is 16.8. The Bertz CT molecular complexity index is 1120. The van der Waals surface area contributed by atoms with Crippen LogP contribution in [0.4, 0.5) is 0 Å². The average Bonchev–Trinajstić information content (AvgIpc) is 2.66. The summed E-state index contributed by atoms with van der Waals surface area (Å²) in [6.45, 7) is 2.11. The third-order valence-electron chi connectivity index (χ3n) is 5.00. The Kier molecular flexibility index (Phi) is 4.21. The number of nitrogens with zero attached hydrogens (tertiary/aromatic N) is 2. The van der Waals surface area contributed by atoms with Crippen molar-refractivity contribution >= 4 is 28.5 Å². The minimum Gasteiger partial charge on any atom is -0.545 e. The summed E-state index contributed by atoms with van der Waals surface area (Å²) >= 11 is 0. The maximum absolute atomic E-state index is 11.9. The number of fused-ring (bicyclic) bond motifs is 2. The first kappa shape index (κ1) is 17.0. The van der Waals surface area contributed by atoms with Crippen molar-refractivity contribution < 1.29 is 9.90 Å². The molecule has 0 N–H and O–H groups in total. The highest BCUT2D eigenvalue weighted by Gasteiger charge is 2.25. The van der Waals surface area contributed by atoms with Crippen LogP contribution in [0.25, 0.3) is 22.6 Å². The van der Waals surface area contributed by atoms with E-state index in [9.17, 15) is 9.90 Å². The molecule has 4 nitrogen and oxygen atoms in total. The Morgan fingerprint density at radius 1 is 1.19 bits per heavy atom. The average molecular weight is 353 g/mol. The number of para-hydroxylation sites is 1. The van der Waals surface area contributed by atoms with Gasteiger partial charge in [0.1, 0.15) is 0 Å². The molecule has 2 aromatic carbocycles. The number of carboxylic acids is 1. The van der Waals surface area contributed by atoms with Crippen molar-refractivity contribution in [3.05, 3.63) is 76.5 Å². The van der Waals surface area contributed by atoms with E-state index in [-0.39, 0.29) is 5.56 Å². The third kappa shape index (κ3) is 3.09. The molecule has 0 unspecified atom stereocenters. The number of benzene rings is 2. The summed E-state index contributed by atoms with van der Waals surface area (Å²) in [5.74, 6) is -0.847. The van der Waals surface area contributed by atoms with Gasteiger partial charge < -0.3 is 9.90 Å². The predicted octanol–water partition coefficient (Wildman–Crippen LogP) is 3.59. The summed E-state index contributed by atoms with van der Waals surface area (Å²) in [7, 11) is 0. The monoisotopic (exact) mass is 353 g/mol. The van der Waals surface area contributed by atoms with Crippen LogP contribution in [0.2, 0.25) is 0 Å². The van der Waals surface area contributed by atoms with Gasteiger partial charge in [0, 0.05) is 10.9 Å². The molecule has 0 aliphatic heterocycles. The molecule has 3 aromatic rings. The molecule has 0 spiro atoms. The van der Waals surface area contributed by atoms with Crippen LogP contribution in [0.1, 0.15) is 46.1 Å². The first-order chi connectivity index (χ1) is 13.1. The first-order valence-corrected chi connectivity index (χ1v) is 8.91. The summed E-state index contributed by atoms with van der Waals surface area (Å²) < 4.78 is 0. The van der Waals surface area contributed by atoms with Crippen LogP contribution in [0, 0.1) is 17.2 Å². The zero-order chi connectivity index (χ0) is 19.0. The number of carbonyl (C=O) groups is 1. The number of hydrogen-bond acceptors (Lipinski definition) is 4. The van der Waals surface area contributed by atoms with Crippen LogP contribution in [-0.2, 0) is 6.42 Å². The van der Waals surface area contributed by atoms with Gasteiger partial charge in [0.2, 0.25) is 0 Å². The van der Waals surface area contributed by atoms with E-state index in [0.29, 0.717) is 28.8 Å². The van der Waals surface area contributed by atoms with Crippen LogP contribution < -0.4 is 5.11 Å². The molecular formula is C23H17N2O2-. The summed E-state index contributed by atoms with van der Waals surface area (Å²) in [6.07, 6.45) is 3.53. The standard InChI is InChI=1S/C23H18N2O2/c1-14-10-17(12-15-6-8-16(13-24)9-7-15)22-19(11-14)21(23(26)27)18-4-2-3-5-20(18)25-22/h2-9,12,14H,10-11H2,1H3,(H,26,27)/p-1/b17-12+/t14-/m1/s1. The van der Waals surface area contributed by atoms with Crippen LogP contribution in [0.5, 0.6) is 0 Å². The zero-order valence-electron chi connectivity index (χ0n) is 14.9. The topological polar surface area (TPSA) is 76.8 Å². The lowest BCUT2D eigenvalue weighted by Crippen LogP contribution is -2.27. The molecule has 0 bridgehead atoms. The van der Waals surface area contributed by atoms with Crippen molar-refractivity contribution in [1.29, 1.82) is 5.26 Å². The lowest BCUT2D eigenvalue weighted by molar-refractivity contribution is -0.254. The smallest absolute Gasteiger partial charge is 0.0991 e. The molecule has 0 fully saturated rings. The lowest BCUT2D eigenvalue weighted by atomic mass is 9.80. The minimum absolute atomic E-state index is 0.257. The number of carbonyl (C=O) groups excluding carboxylic acids is 1. The van der Waals surface area contributed by atoms with E-state index >= 15 is 0 Å². The van der Waals surface area contributed by atoms with E-state index in [2.05, 4.69) is 13.0 Å². The number of hydrogen-bond donors (Lipinski definition) is 0. The van der Waals surface area contributed by atoms with Gasteiger partial charge in [-0.15, -0.1) is 0 Å². The van der Waals surface area contributed by atoms with Gasteiger partial charge in [-0.05, 0) is 59.7 Å². The van der Waals surface area contributed by atoms with Crippen LogP contribution in [0.3, 0.4) is 0 Å². The summed E-state index contributed by atoms with van der Waals surface area (Å²) in [5, 5.41) is 21.5. The fourth-order valence-corrected chi connectivity index (χ4v) is 3.82. The number of rotatable bonds is 2. The van der Waals surface area contributed by atoms with Gasteiger partial charge in [0.15, 0.2) is 0 Å². The molecule has 1 aromatic heterocycles. The highest BCUT2D eigenvalue weighted by Crippen LogP contribution is 2.38. The number of aromatic nitrogens is 1. The van der Waals surface area contributed by atoms with Crippen LogP contribution >= 0.6 is 0 Å². The van der Waals surface area contributed by atoms with E-state index in [1.54, 1.807) is 18.2 Å². The van der Waals surface area contributed by atoms with E-state index < -0.39 is 5.97 Å². The van der Waals surface area contributed by atoms with Gasteiger partial charge in [-0.1, -0.05) is 37.3 Å².